The molecule has 1 spiro atoms. The van der Waals surface area contributed by atoms with Crippen molar-refractivity contribution in [3.05, 3.63) is 142 Å². The molecule has 1 saturated heterocycles. The van der Waals surface area contributed by atoms with E-state index in [1.165, 1.54) is 0 Å². The lowest BCUT2D eigenvalue weighted by atomic mass is 9.64. The van der Waals surface area contributed by atoms with E-state index < -0.39 is 23.4 Å². The van der Waals surface area contributed by atoms with Crippen molar-refractivity contribution in [2.45, 2.75) is 18.0 Å². The Morgan fingerprint density at radius 3 is 2.03 bits per heavy atom. The summed E-state index contributed by atoms with van der Waals surface area (Å²) in [7, 11) is 0. The molecule has 4 nitrogen and oxygen atoms in total. The molecule has 2 heterocycles. The van der Waals surface area contributed by atoms with Crippen molar-refractivity contribution in [1.29, 1.82) is 0 Å². The highest BCUT2D eigenvalue weighted by Crippen LogP contribution is 2.60. The second-order valence-electron chi connectivity index (χ2n) is 10.0. The Bertz CT molecular complexity index is 1620. The molecule has 2 aliphatic heterocycles. The van der Waals surface area contributed by atoms with Crippen LogP contribution in [0.4, 0.5) is 5.69 Å². The van der Waals surface area contributed by atoms with Gasteiger partial charge in [-0.25, -0.2) is 0 Å². The Labute approximate surface area is 225 Å². The lowest BCUT2D eigenvalue weighted by Crippen LogP contribution is -2.48. The number of hydrogen-bond acceptors (Lipinski definition) is 4. The Balaban J connectivity index is 1.54. The van der Waals surface area contributed by atoms with Gasteiger partial charge in [0.25, 0.3) is 0 Å². The molecule has 1 aliphatic carbocycles. The minimum absolute atomic E-state index is 0.154. The van der Waals surface area contributed by atoms with E-state index in [9.17, 15) is 14.4 Å². The first-order chi connectivity index (χ1) is 18.5. The molecule has 3 unspecified atom stereocenters. The average Bonchev–Trinajstić information content (AvgIpc) is 3.40. The summed E-state index contributed by atoms with van der Waals surface area (Å²) in [5.74, 6) is -1.31. The van der Waals surface area contributed by atoms with Gasteiger partial charge in [-0.15, -0.1) is 0 Å². The average molecular weight is 516 g/mol. The molecule has 7 rings (SSSR count). The third kappa shape index (κ3) is 2.95. The lowest BCUT2D eigenvalue weighted by Gasteiger charge is -2.37. The number of hydrogen-bond donors (Lipinski definition) is 0. The third-order valence-electron chi connectivity index (χ3n) is 8.27. The van der Waals surface area contributed by atoms with Crippen molar-refractivity contribution in [3.63, 3.8) is 0 Å². The first-order valence-corrected chi connectivity index (χ1v) is 13.0. The van der Waals surface area contributed by atoms with Crippen molar-refractivity contribution >= 4 is 40.7 Å². The van der Waals surface area contributed by atoms with Crippen LogP contribution < -0.4 is 4.90 Å². The second-order valence-corrected chi connectivity index (χ2v) is 10.5. The van der Waals surface area contributed by atoms with Gasteiger partial charge < -0.3 is 4.90 Å². The zero-order chi connectivity index (χ0) is 26.0. The van der Waals surface area contributed by atoms with Gasteiger partial charge in [-0.2, -0.15) is 0 Å². The molecule has 0 radical (unpaired) electrons. The standard InChI is InChI=1S/C33H22ClNO3/c34-23-17-14-22(15-18-23)30(36)29-28(21-9-2-1-3-10-21)33(31(37)24-11-5-6-12-25(24)32(33)38)27-19-16-20-8-4-7-13-26(20)35(27)29/h1-19,27-29H. The van der Waals surface area contributed by atoms with E-state index in [4.69, 9.17) is 11.6 Å². The van der Waals surface area contributed by atoms with Crippen LogP contribution in [-0.4, -0.2) is 29.4 Å². The van der Waals surface area contributed by atoms with E-state index in [1.807, 2.05) is 71.6 Å². The van der Waals surface area contributed by atoms with E-state index in [0.29, 0.717) is 21.7 Å². The monoisotopic (exact) mass is 515 g/mol. The second kappa shape index (κ2) is 8.37. The Hall–Kier alpha value is -4.28. The molecule has 1 fully saturated rings. The van der Waals surface area contributed by atoms with Gasteiger partial charge >= 0.3 is 0 Å². The summed E-state index contributed by atoms with van der Waals surface area (Å²) in [5.41, 5.74) is 2.41. The minimum atomic E-state index is -1.48. The Morgan fingerprint density at radius 2 is 1.34 bits per heavy atom. The fourth-order valence-electron chi connectivity index (χ4n) is 6.74. The zero-order valence-corrected chi connectivity index (χ0v) is 21.0. The fourth-order valence-corrected chi connectivity index (χ4v) is 6.86. The minimum Gasteiger partial charge on any atom is -0.352 e. The number of carbonyl (C=O) groups excluding carboxylic acids is 3. The van der Waals surface area contributed by atoms with Crippen LogP contribution in [0.3, 0.4) is 0 Å². The summed E-state index contributed by atoms with van der Waals surface area (Å²) in [6, 6.07) is 29.8. The Morgan fingerprint density at radius 1 is 0.737 bits per heavy atom. The van der Waals surface area contributed by atoms with Gasteiger partial charge in [0, 0.05) is 33.3 Å². The molecule has 184 valence electrons. The summed E-state index contributed by atoms with van der Waals surface area (Å²) in [6.07, 6.45) is 3.91. The van der Waals surface area contributed by atoms with Crippen molar-refractivity contribution in [3.8, 4) is 0 Å². The largest absolute Gasteiger partial charge is 0.352 e. The predicted molar refractivity (Wildman–Crippen MR) is 148 cm³/mol. The first kappa shape index (κ1) is 22.9. The number of para-hydroxylation sites is 1. The maximum Gasteiger partial charge on any atom is 0.185 e. The maximum absolute atomic E-state index is 14.5. The summed E-state index contributed by atoms with van der Waals surface area (Å²) in [5, 5.41) is 0.532. The number of nitrogens with zero attached hydrogens (tertiary/aromatic N) is 1. The normalized spacial score (nSPS) is 22.3. The van der Waals surface area contributed by atoms with Crippen LogP contribution in [0.15, 0.2) is 109 Å². The highest BCUT2D eigenvalue weighted by Gasteiger charge is 2.71. The van der Waals surface area contributed by atoms with E-state index in [2.05, 4.69) is 0 Å². The van der Waals surface area contributed by atoms with Gasteiger partial charge in [0.05, 0.1) is 6.04 Å². The van der Waals surface area contributed by atoms with Crippen LogP contribution in [0.2, 0.25) is 5.02 Å². The van der Waals surface area contributed by atoms with Crippen molar-refractivity contribution < 1.29 is 14.4 Å². The Kier molecular flexibility index (Phi) is 5.04. The van der Waals surface area contributed by atoms with E-state index in [-0.39, 0.29) is 17.3 Å². The van der Waals surface area contributed by atoms with Gasteiger partial charge in [-0.05, 0) is 41.5 Å². The number of benzene rings is 4. The van der Waals surface area contributed by atoms with Crippen molar-refractivity contribution in [2.24, 2.45) is 5.41 Å². The number of halogens is 1. The molecule has 0 amide bonds. The number of rotatable bonds is 3. The lowest BCUT2D eigenvalue weighted by molar-refractivity contribution is 0.0666. The topological polar surface area (TPSA) is 54.5 Å². The summed E-state index contributed by atoms with van der Waals surface area (Å²) < 4.78 is 0. The van der Waals surface area contributed by atoms with Gasteiger partial charge in [0.15, 0.2) is 17.3 Å². The quantitative estimate of drug-likeness (QED) is 0.226. The first-order valence-electron chi connectivity index (χ1n) is 12.6. The van der Waals surface area contributed by atoms with Crippen molar-refractivity contribution in [1.82, 2.24) is 0 Å². The molecule has 3 aliphatic rings. The van der Waals surface area contributed by atoms with Crippen LogP contribution >= 0.6 is 11.6 Å². The van der Waals surface area contributed by atoms with E-state index in [1.54, 1.807) is 48.5 Å². The van der Waals surface area contributed by atoms with Crippen LogP contribution in [0.5, 0.6) is 0 Å². The van der Waals surface area contributed by atoms with Crippen LogP contribution in [-0.2, 0) is 0 Å². The van der Waals surface area contributed by atoms with Gasteiger partial charge in [-0.3, -0.25) is 14.4 Å². The van der Waals surface area contributed by atoms with Gasteiger partial charge in [-0.1, -0.05) is 96.5 Å². The van der Waals surface area contributed by atoms with Gasteiger partial charge in [0.1, 0.15) is 11.5 Å². The van der Waals surface area contributed by atoms with Crippen LogP contribution in [0.25, 0.3) is 6.08 Å². The predicted octanol–water partition coefficient (Wildman–Crippen LogP) is 6.66. The number of Topliss-reactive ketones (excluding diaryl/α,β-unsaturated/α-hetero) is 3. The third-order valence-corrected chi connectivity index (χ3v) is 8.52. The number of carbonyl (C=O) groups is 3. The number of anilines is 1. The molecule has 5 heteroatoms. The van der Waals surface area contributed by atoms with Crippen molar-refractivity contribution in [2.75, 3.05) is 4.90 Å². The van der Waals surface area contributed by atoms with E-state index in [0.717, 1.165) is 16.8 Å². The van der Waals surface area contributed by atoms with Gasteiger partial charge in [0.2, 0.25) is 0 Å². The summed E-state index contributed by atoms with van der Waals surface area (Å²) in [4.78, 5) is 45.6. The molecule has 4 aromatic carbocycles. The molecule has 38 heavy (non-hydrogen) atoms. The molecule has 4 aromatic rings. The number of ketones is 3. The highest BCUT2D eigenvalue weighted by molar-refractivity contribution is 6.32. The SMILES string of the molecule is O=C(c1ccc(Cl)cc1)C1C(c2ccccc2)C2(C(=O)c3ccccc3C2=O)C2C=Cc3ccccc3N12. The fraction of sp³-hybridized carbons (Fsp3) is 0.121. The smallest absolute Gasteiger partial charge is 0.185 e. The molecule has 0 bridgehead atoms. The highest BCUT2D eigenvalue weighted by atomic mass is 35.5. The molecular weight excluding hydrogens is 494 g/mol. The molecular formula is C33H22ClNO3. The molecule has 0 aromatic heterocycles. The maximum atomic E-state index is 14.5. The molecule has 0 N–H and O–H groups in total. The molecule has 3 atom stereocenters. The number of fused-ring (bicyclic) bond motifs is 5. The zero-order valence-electron chi connectivity index (χ0n) is 20.3. The summed E-state index contributed by atoms with van der Waals surface area (Å²) in [6.45, 7) is 0. The van der Waals surface area contributed by atoms with Crippen LogP contribution in [0.1, 0.15) is 48.1 Å². The van der Waals surface area contributed by atoms with E-state index >= 15 is 0 Å². The molecule has 0 saturated carbocycles. The van der Waals surface area contributed by atoms with Crippen LogP contribution in [0, 0.1) is 5.41 Å². The summed E-state index contributed by atoms with van der Waals surface area (Å²) >= 11 is 6.15.